The minimum atomic E-state index is -0.209. The maximum absolute atomic E-state index is 11.3. The number of aromatic amines is 2. The predicted molar refractivity (Wildman–Crippen MR) is 91.2 cm³/mol. The Balaban J connectivity index is 1.74. The van der Waals surface area contributed by atoms with Gasteiger partial charge in [0.25, 0.3) is 0 Å². The Morgan fingerprint density at radius 1 is 0.909 bits per heavy atom. The van der Waals surface area contributed by atoms with Crippen molar-refractivity contribution in [3.05, 3.63) is 70.4 Å². The van der Waals surface area contributed by atoms with Crippen molar-refractivity contribution < 1.29 is 0 Å². The first kappa shape index (κ1) is 14.0. The van der Waals surface area contributed by atoms with Gasteiger partial charge in [-0.25, -0.2) is 4.79 Å². The standard InChI is InChI=1S/C17H18N4O/c1-10-4-5-13(8-11(10)2)18-12(3)19-14-6-7-15-16(9-14)21-17(22)20-15/h4-9,18-19H,3H2,1-2H3,(H2,20,21,22). The number of aromatic nitrogens is 2. The zero-order chi connectivity index (χ0) is 15.7. The molecular formula is C17H18N4O. The summed E-state index contributed by atoms with van der Waals surface area (Å²) in [6.45, 7) is 8.14. The molecule has 0 atom stereocenters. The van der Waals surface area contributed by atoms with Crippen molar-refractivity contribution in [2.24, 2.45) is 0 Å². The van der Waals surface area contributed by atoms with Gasteiger partial charge in [0.05, 0.1) is 11.0 Å². The number of aryl methyl sites for hydroxylation is 2. The second-order valence-corrected chi connectivity index (χ2v) is 5.37. The Morgan fingerprint density at radius 2 is 1.55 bits per heavy atom. The van der Waals surface area contributed by atoms with Gasteiger partial charge in [-0.2, -0.15) is 0 Å². The van der Waals surface area contributed by atoms with E-state index in [-0.39, 0.29) is 5.69 Å². The highest BCUT2D eigenvalue weighted by Crippen LogP contribution is 2.18. The predicted octanol–water partition coefficient (Wildman–Crippen LogP) is 3.47. The van der Waals surface area contributed by atoms with Gasteiger partial charge in [0.15, 0.2) is 0 Å². The molecule has 0 aliphatic rings. The van der Waals surface area contributed by atoms with Gasteiger partial charge in [-0.3, -0.25) is 0 Å². The van der Waals surface area contributed by atoms with Crippen LogP contribution in [0.25, 0.3) is 11.0 Å². The van der Waals surface area contributed by atoms with Crippen LogP contribution in [0.2, 0.25) is 0 Å². The van der Waals surface area contributed by atoms with Gasteiger partial charge in [-0.05, 0) is 55.3 Å². The first-order valence-electron chi connectivity index (χ1n) is 7.03. The monoisotopic (exact) mass is 294 g/mol. The van der Waals surface area contributed by atoms with Crippen molar-refractivity contribution in [3.63, 3.8) is 0 Å². The number of hydrogen-bond acceptors (Lipinski definition) is 3. The summed E-state index contributed by atoms with van der Waals surface area (Å²) in [4.78, 5) is 16.7. The minimum Gasteiger partial charge on any atom is -0.342 e. The molecule has 1 aromatic heterocycles. The van der Waals surface area contributed by atoms with E-state index in [2.05, 4.69) is 53.2 Å². The van der Waals surface area contributed by atoms with Crippen LogP contribution in [0.3, 0.4) is 0 Å². The summed E-state index contributed by atoms with van der Waals surface area (Å²) in [6, 6.07) is 11.8. The summed E-state index contributed by atoms with van der Waals surface area (Å²) in [5.41, 5.74) is 5.65. The highest BCUT2D eigenvalue weighted by atomic mass is 16.1. The van der Waals surface area contributed by atoms with Gasteiger partial charge in [0.2, 0.25) is 0 Å². The lowest BCUT2D eigenvalue weighted by Gasteiger charge is -2.13. The Bertz CT molecular complexity index is 904. The maximum atomic E-state index is 11.3. The average molecular weight is 294 g/mol. The summed E-state index contributed by atoms with van der Waals surface area (Å²) in [6.07, 6.45) is 0. The van der Waals surface area contributed by atoms with Gasteiger partial charge in [0.1, 0.15) is 5.82 Å². The lowest BCUT2D eigenvalue weighted by molar-refractivity contribution is 1.21. The van der Waals surface area contributed by atoms with Crippen LogP contribution in [0.4, 0.5) is 11.4 Å². The molecule has 112 valence electrons. The lowest BCUT2D eigenvalue weighted by Crippen LogP contribution is -2.08. The zero-order valence-electron chi connectivity index (χ0n) is 12.6. The molecule has 22 heavy (non-hydrogen) atoms. The number of rotatable bonds is 4. The van der Waals surface area contributed by atoms with Crippen molar-refractivity contribution in [2.75, 3.05) is 10.6 Å². The molecule has 2 aromatic carbocycles. The number of anilines is 2. The fourth-order valence-electron chi connectivity index (χ4n) is 2.31. The molecule has 4 N–H and O–H groups in total. The molecule has 3 rings (SSSR count). The normalized spacial score (nSPS) is 10.6. The summed E-state index contributed by atoms with van der Waals surface area (Å²) in [5, 5.41) is 6.41. The van der Waals surface area contributed by atoms with Crippen molar-refractivity contribution >= 4 is 22.4 Å². The molecule has 3 aromatic rings. The number of H-pyrrole nitrogens is 2. The van der Waals surface area contributed by atoms with Crippen LogP contribution in [0, 0.1) is 13.8 Å². The van der Waals surface area contributed by atoms with Crippen LogP contribution in [-0.4, -0.2) is 9.97 Å². The van der Waals surface area contributed by atoms with E-state index in [0.717, 1.165) is 22.4 Å². The molecule has 0 saturated heterocycles. The third-order valence-corrected chi connectivity index (χ3v) is 3.61. The van der Waals surface area contributed by atoms with Crippen molar-refractivity contribution in [3.8, 4) is 0 Å². The van der Waals surface area contributed by atoms with E-state index in [0.29, 0.717) is 5.82 Å². The van der Waals surface area contributed by atoms with E-state index in [1.54, 1.807) is 0 Å². The van der Waals surface area contributed by atoms with Crippen LogP contribution in [0.1, 0.15) is 11.1 Å². The first-order valence-corrected chi connectivity index (χ1v) is 7.03. The van der Waals surface area contributed by atoms with E-state index in [1.165, 1.54) is 11.1 Å². The number of hydrogen-bond donors (Lipinski definition) is 4. The fraction of sp³-hybridized carbons (Fsp3) is 0.118. The van der Waals surface area contributed by atoms with E-state index >= 15 is 0 Å². The molecule has 0 radical (unpaired) electrons. The molecular weight excluding hydrogens is 276 g/mol. The highest BCUT2D eigenvalue weighted by molar-refractivity contribution is 5.79. The summed E-state index contributed by atoms with van der Waals surface area (Å²) >= 11 is 0. The second kappa shape index (κ2) is 5.44. The minimum absolute atomic E-state index is 0.209. The van der Waals surface area contributed by atoms with Crippen molar-refractivity contribution in [1.82, 2.24) is 9.97 Å². The van der Waals surface area contributed by atoms with Gasteiger partial charge >= 0.3 is 5.69 Å². The molecule has 5 heteroatoms. The third-order valence-electron chi connectivity index (χ3n) is 3.61. The molecule has 0 aliphatic heterocycles. The largest absolute Gasteiger partial charge is 0.342 e. The van der Waals surface area contributed by atoms with E-state index in [9.17, 15) is 4.79 Å². The van der Waals surface area contributed by atoms with E-state index in [1.807, 2.05) is 24.3 Å². The summed E-state index contributed by atoms with van der Waals surface area (Å²) in [7, 11) is 0. The topological polar surface area (TPSA) is 72.7 Å². The average Bonchev–Trinajstić information content (AvgIpc) is 2.82. The van der Waals surface area contributed by atoms with Gasteiger partial charge in [-0.15, -0.1) is 0 Å². The SMILES string of the molecule is C=C(Nc1ccc(C)c(C)c1)Nc1ccc2[nH]c(=O)[nH]c2c1. The van der Waals surface area contributed by atoms with Crippen LogP contribution < -0.4 is 16.3 Å². The highest BCUT2D eigenvalue weighted by Gasteiger charge is 2.02. The quantitative estimate of drug-likeness (QED) is 0.595. The number of benzene rings is 2. The molecule has 0 unspecified atom stereocenters. The number of nitrogens with one attached hydrogen (secondary N) is 4. The Kier molecular flexibility index (Phi) is 3.47. The molecule has 0 saturated carbocycles. The molecule has 5 nitrogen and oxygen atoms in total. The molecule has 0 fully saturated rings. The van der Waals surface area contributed by atoms with Crippen molar-refractivity contribution in [1.29, 1.82) is 0 Å². The number of fused-ring (bicyclic) bond motifs is 1. The molecule has 0 amide bonds. The zero-order valence-corrected chi connectivity index (χ0v) is 12.6. The smallest absolute Gasteiger partial charge is 0.323 e. The van der Waals surface area contributed by atoms with Gasteiger partial charge < -0.3 is 20.6 Å². The van der Waals surface area contributed by atoms with E-state index in [4.69, 9.17) is 0 Å². The van der Waals surface area contributed by atoms with Crippen LogP contribution >= 0.6 is 0 Å². The number of imidazole rings is 1. The third kappa shape index (κ3) is 2.88. The fourth-order valence-corrected chi connectivity index (χ4v) is 2.31. The Hall–Kier alpha value is -2.95. The molecule has 1 heterocycles. The van der Waals surface area contributed by atoms with Crippen LogP contribution in [-0.2, 0) is 0 Å². The van der Waals surface area contributed by atoms with Gasteiger partial charge in [0, 0.05) is 11.4 Å². The van der Waals surface area contributed by atoms with E-state index < -0.39 is 0 Å². The molecule has 0 bridgehead atoms. The summed E-state index contributed by atoms with van der Waals surface area (Å²) < 4.78 is 0. The second-order valence-electron chi connectivity index (χ2n) is 5.37. The Labute approximate surface area is 128 Å². The lowest BCUT2D eigenvalue weighted by atomic mass is 10.1. The first-order chi connectivity index (χ1) is 10.5. The Morgan fingerprint density at radius 3 is 2.27 bits per heavy atom. The summed E-state index contributed by atoms with van der Waals surface area (Å²) in [5.74, 6) is 0.667. The van der Waals surface area contributed by atoms with Crippen LogP contribution in [0.15, 0.2) is 53.6 Å². The van der Waals surface area contributed by atoms with Crippen molar-refractivity contribution in [2.45, 2.75) is 13.8 Å². The molecule has 0 spiro atoms. The maximum Gasteiger partial charge on any atom is 0.323 e. The molecule has 0 aliphatic carbocycles. The van der Waals surface area contributed by atoms with Gasteiger partial charge in [-0.1, -0.05) is 12.6 Å². The van der Waals surface area contributed by atoms with Crippen LogP contribution in [0.5, 0.6) is 0 Å².